The van der Waals surface area contributed by atoms with Crippen LogP contribution < -0.4 is 10.1 Å². The molecule has 5 heteroatoms. The average molecular weight is 335 g/mol. The minimum absolute atomic E-state index is 0.00708. The predicted octanol–water partition coefficient (Wildman–Crippen LogP) is 2.89. The molecular formula is C20H21N3O2. The van der Waals surface area contributed by atoms with Crippen molar-refractivity contribution < 1.29 is 9.53 Å². The van der Waals surface area contributed by atoms with Crippen molar-refractivity contribution in [1.29, 1.82) is 0 Å². The molecule has 1 aliphatic rings. The summed E-state index contributed by atoms with van der Waals surface area (Å²) < 4.78 is 7.44. The molecule has 1 atom stereocenters. The van der Waals surface area contributed by atoms with E-state index in [4.69, 9.17) is 4.74 Å². The van der Waals surface area contributed by atoms with Crippen molar-refractivity contribution in [2.75, 3.05) is 13.2 Å². The fraction of sp³-hybridized carbons (Fsp3) is 0.300. The van der Waals surface area contributed by atoms with Gasteiger partial charge in [-0.25, -0.2) is 4.98 Å². The normalized spacial score (nSPS) is 14.1. The van der Waals surface area contributed by atoms with Gasteiger partial charge in [0.05, 0.1) is 24.0 Å². The maximum Gasteiger partial charge on any atom is 0.242 e. The molecule has 1 aliphatic heterocycles. The number of hydrogen-bond acceptors (Lipinski definition) is 3. The van der Waals surface area contributed by atoms with Crippen LogP contribution in [-0.2, 0) is 17.6 Å². The van der Waals surface area contributed by atoms with Crippen LogP contribution in [0.2, 0.25) is 0 Å². The first kappa shape index (κ1) is 15.7. The Morgan fingerprint density at radius 3 is 3.12 bits per heavy atom. The van der Waals surface area contributed by atoms with Gasteiger partial charge >= 0.3 is 0 Å². The SMILES string of the molecule is CC(C(=O)NCCc1ccc2c(c1)CCO2)n1cnc2ccccc21. The second kappa shape index (κ2) is 6.59. The van der Waals surface area contributed by atoms with E-state index < -0.39 is 0 Å². The Bertz CT molecular complexity index is 916. The maximum atomic E-state index is 12.5. The lowest BCUT2D eigenvalue weighted by molar-refractivity contribution is -0.123. The molecule has 3 aromatic rings. The highest BCUT2D eigenvalue weighted by atomic mass is 16.5. The molecule has 0 aliphatic carbocycles. The van der Waals surface area contributed by atoms with E-state index in [1.54, 1.807) is 6.33 Å². The van der Waals surface area contributed by atoms with Crippen LogP contribution >= 0.6 is 0 Å². The third-order valence-corrected chi connectivity index (χ3v) is 4.74. The first-order chi connectivity index (χ1) is 12.2. The third-order valence-electron chi connectivity index (χ3n) is 4.74. The summed E-state index contributed by atoms with van der Waals surface area (Å²) in [5.41, 5.74) is 4.37. The molecule has 1 amide bonds. The van der Waals surface area contributed by atoms with E-state index in [1.165, 1.54) is 11.1 Å². The standard InChI is InChI=1S/C20H21N3O2/c1-14(23-13-22-17-4-2-3-5-18(17)23)20(24)21-10-8-15-6-7-19-16(12-15)9-11-25-19/h2-7,12-14H,8-11H2,1H3,(H,21,24). The number of carbonyl (C=O) groups is 1. The van der Waals surface area contributed by atoms with E-state index in [0.717, 1.165) is 36.2 Å². The van der Waals surface area contributed by atoms with Crippen LogP contribution in [0.4, 0.5) is 0 Å². The number of amides is 1. The molecule has 0 saturated heterocycles. The van der Waals surface area contributed by atoms with E-state index in [0.29, 0.717) is 6.54 Å². The number of imidazole rings is 1. The number of nitrogens with one attached hydrogen (secondary N) is 1. The largest absolute Gasteiger partial charge is 0.493 e. The molecule has 0 spiro atoms. The summed E-state index contributed by atoms with van der Waals surface area (Å²) in [6.07, 6.45) is 3.52. The molecule has 0 bridgehead atoms. The molecule has 1 aromatic heterocycles. The minimum Gasteiger partial charge on any atom is -0.493 e. The van der Waals surface area contributed by atoms with Crippen molar-refractivity contribution in [2.24, 2.45) is 0 Å². The summed E-state index contributed by atoms with van der Waals surface area (Å²) in [5.74, 6) is 1.00. The summed E-state index contributed by atoms with van der Waals surface area (Å²) >= 11 is 0. The molecule has 0 saturated carbocycles. The zero-order chi connectivity index (χ0) is 17.2. The van der Waals surface area contributed by atoms with Crippen LogP contribution in [0.25, 0.3) is 11.0 Å². The Hall–Kier alpha value is -2.82. The van der Waals surface area contributed by atoms with Gasteiger partial charge < -0.3 is 14.6 Å². The van der Waals surface area contributed by atoms with Gasteiger partial charge in [-0.1, -0.05) is 24.3 Å². The van der Waals surface area contributed by atoms with Gasteiger partial charge in [-0.05, 0) is 42.7 Å². The minimum atomic E-state index is -0.291. The van der Waals surface area contributed by atoms with Crippen LogP contribution in [0.1, 0.15) is 24.1 Å². The second-order valence-corrected chi connectivity index (χ2v) is 6.40. The van der Waals surface area contributed by atoms with Gasteiger partial charge in [0.15, 0.2) is 0 Å². The average Bonchev–Trinajstić information content (AvgIpc) is 3.27. The van der Waals surface area contributed by atoms with Crippen LogP contribution in [-0.4, -0.2) is 28.6 Å². The number of nitrogens with zero attached hydrogens (tertiary/aromatic N) is 2. The van der Waals surface area contributed by atoms with Crippen molar-refractivity contribution >= 4 is 16.9 Å². The van der Waals surface area contributed by atoms with Crippen molar-refractivity contribution in [3.05, 3.63) is 59.9 Å². The molecule has 128 valence electrons. The highest BCUT2D eigenvalue weighted by Gasteiger charge is 2.17. The number of rotatable bonds is 5. The molecular weight excluding hydrogens is 314 g/mol. The summed E-state index contributed by atoms with van der Waals surface area (Å²) in [4.78, 5) is 16.8. The van der Waals surface area contributed by atoms with Crippen LogP contribution in [0, 0.1) is 0 Å². The van der Waals surface area contributed by atoms with Crippen LogP contribution in [0.5, 0.6) is 5.75 Å². The molecule has 2 heterocycles. The van der Waals surface area contributed by atoms with Gasteiger partial charge in [-0.15, -0.1) is 0 Å². The number of fused-ring (bicyclic) bond motifs is 2. The first-order valence-electron chi connectivity index (χ1n) is 8.66. The third kappa shape index (κ3) is 3.09. The highest BCUT2D eigenvalue weighted by molar-refractivity contribution is 5.83. The van der Waals surface area contributed by atoms with Gasteiger partial charge in [0.2, 0.25) is 5.91 Å². The van der Waals surface area contributed by atoms with Gasteiger partial charge in [0, 0.05) is 13.0 Å². The quantitative estimate of drug-likeness (QED) is 0.780. The van der Waals surface area contributed by atoms with Crippen molar-refractivity contribution in [2.45, 2.75) is 25.8 Å². The van der Waals surface area contributed by atoms with Crippen molar-refractivity contribution in [1.82, 2.24) is 14.9 Å². The lowest BCUT2D eigenvalue weighted by atomic mass is 10.1. The highest BCUT2D eigenvalue weighted by Crippen LogP contribution is 2.26. The summed E-state index contributed by atoms with van der Waals surface area (Å²) in [7, 11) is 0. The molecule has 0 fully saturated rings. The molecule has 1 unspecified atom stereocenters. The van der Waals surface area contributed by atoms with E-state index in [9.17, 15) is 4.79 Å². The molecule has 2 aromatic carbocycles. The second-order valence-electron chi connectivity index (χ2n) is 6.40. The Morgan fingerprint density at radius 1 is 1.32 bits per heavy atom. The smallest absolute Gasteiger partial charge is 0.242 e. The lowest BCUT2D eigenvalue weighted by Crippen LogP contribution is -2.32. The van der Waals surface area contributed by atoms with Gasteiger partial charge in [0.1, 0.15) is 11.8 Å². The Balaban J connectivity index is 1.37. The zero-order valence-electron chi connectivity index (χ0n) is 14.2. The number of hydrogen-bond donors (Lipinski definition) is 1. The molecule has 5 nitrogen and oxygen atoms in total. The topological polar surface area (TPSA) is 56.1 Å². The van der Waals surface area contributed by atoms with Gasteiger partial charge in [-0.3, -0.25) is 4.79 Å². The van der Waals surface area contributed by atoms with Crippen LogP contribution in [0.15, 0.2) is 48.8 Å². The van der Waals surface area contributed by atoms with Crippen molar-refractivity contribution in [3.63, 3.8) is 0 Å². The van der Waals surface area contributed by atoms with E-state index >= 15 is 0 Å². The van der Waals surface area contributed by atoms with E-state index in [2.05, 4.69) is 22.4 Å². The van der Waals surface area contributed by atoms with Gasteiger partial charge in [-0.2, -0.15) is 0 Å². The fourth-order valence-electron chi connectivity index (χ4n) is 3.29. The number of carbonyl (C=O) groups excluding carboxylic acids is 1. The van der Waals surface area contributed by atoms with Crippen molar-refractivity contribution in [3.8, 4) is 5.75 Å². The number of aromatic nitrogens is 2. The summed E-state index contributed by atoms with van der Waals surface area (Å²) in [5, 5.41) is 3.03. The lowest BCUT2D eigenvalue weighted by Gasteiger charge is -2.14. The van der Waals surface area contributed by atoms with Gasteiger partial charge in [0.25, 0.3) is 0 Å². The number of para-hydroxylation sites is 2. The molecule has 4 rings (SSSR count). The molecule has 25 heavy (non-hydrogen) atoms. The molecule has 1 N–H and O–H groups in total. The fourth-order valence-corrected chi connectivity index (χ4v) is 3.29. The van der Waals surface area contributed by atoms with E-state index in [-0.39, 0.29) is 11.9 Å². The van der Waals surface area contributed by atoms with Crippen LogP contribution in [0.3, 0.4) is 0 Å². The van der Waals surface area contributed by atoms with E-state index in [1.807, 2.05) is 41.8 Å². The Kier molecular flexibility index (Phi) is 4.14. The maximum absolute atomic E-state index is 12.5. The Morgan fingerprint density at radius 2 is 2.20 bits per heavy atom. The number of benzene rings is 2. The zero-order valence-corrected chi connectivity index (χ0v) is 14.2. The predicted molar refractivity (Wildman–Crippen MR) is 96.8 cm³/mol. The molecule has 0 radical (unpaired) electrons. The summed E-state index contributed by atoms with van der Waals surface area (Å²) in [6, 6.07) is 13.8. The Labute approximate surface area is 146 Å². The first-order valence-corrected chi connectivity index (χ1v) is 8.66. The summed E-state index contributed by atoms with van der Waals surface area (Å²) in [6.45, 7) is 3.29. The number of ether oxygens (including phenoxy) is 1. The monoisotopic (exact) mass is 335 g/mol.